The fourth-order valence-corrected chi connectivity index (χ4v) is 2.39. The van der Waals surface area contributed by atoms with Gasteiger partial charge in [-0.2, -0.15) is 0 Å². The molecule has 0 radical (unpaired) electrons. The molecule has 24 heavy (non-hydrogen) atoms. The normalized spacial score (nSPS) is 12.8. The molecule has 0 saturated heterocycles. The SMILES string of the molecule is CCCCOCCCNC(=NC)NC(C)CCCN(CC)CC.I. The Bertz CT molecular complexity index is 286. The first kappa shape index (κ1) is 26.2. The number of unbranched alkanes of at least 4 members (excludes halogenated alkanes) is 1. The maximum Gasteiger partial charge on any atom is 0.191 e. The van der Waals surface area contributed by atoms with E-state index in [1.165, 1.54) is 19.4 Å². The van der Waals surface area contributed by atoms with Crippen LogP contribution in [0, 0.1) is 0 Å². The van der Waals surface area contributed by atoms with E-state index in [1.807, 2.05) is 7.05 Å². The van der Waals surface area contributed by atoms with Gasteiger partial charge in [0.1, 0.15) is 0 Å². The summed E-state index contributed by atoms with van der Waals surface area (Å²) < 4.78 is 5.56. The third-order valence-electron chi connectivity index (χ3n) is 4.01. The lowest BCUT2D eigenvalue weighted by molar-refractivity contribution is 0.129. The van der Waals surface area contributed by atoms with Crippen molar-refractivity contribution in [2.75, 3.05) is 46.4 Å². The first-order valence-electron chi connectivity index (χ1n) is 9.45. The van der Waals surface area contributed by atoms with Crippen molar-refractivity contribution < 1.29 is 4.74 Å². The van der Waals surface area contributed by atoms with Gasteiger partial charge in [0.25, 0.3) is 0 Å². The van der Waals surface area contributed by atoms with Crippen LogP contribution in [0.2, 0.25) is 0 Å². The second-order valence-electron chi connectivity index (χ2n) is 6.03. The van der Waals surface area contributed by atoms with Crippen LogP contribution in [-0.4, -0.2) is 63.3 Å². The molecule has 0 rings (SSSR count). The van der Waals surface area contributed by atoms with Gasteiger partial charge in [0.05, 0.1) is 0 Å². The molecule has 5 nitrogen and oxygen atoms in total. The minimum Gasteiger partial charge on any atom is -0.381 e. The van der Waals surface area contributed by atoms with E-state index in [1.54, 1.807) is 0 Å². The third kappa shape index (κ3) is 15.4. The maximum absolute atomic E-state index is 5.56. The number of halogens is 1. The van der Waals surface area contributed by atoms with E-state index in [0.717, 1.165) is 58.1 Å². The summed E-state index contributed by atoms with van der Waals surface area (Å²) in [7, 11) is 1.83. The molecule has 1 unspecified atom stereocenters. The molecule has 0 aromatic carbocycles. The molecule has 0 fully saturated rings. The Labute approximate surface area is 167 Å². The van der Waals surface area contributed by atoms with Crippen molar-refractivity contribution >= 4 is 29.9 Å². The fourth-order valence-electron chi connectivity index (χ4n) is 2.39. The Morgan fingerprint density at radius 1 is 1.08 bits per heavy atom. The van der Waals surface area contributed by atoms with Gasteiger partial charge < -0.3 is 20.3 Å². The van der Waals surface area contributed by atoms with E-state index < -0.39 is 0 Å². The van der Waals surface area contributed by atoms with Crippen LogP contribution < -0.4 is 10.6 Å². The third-order valence-corrected chi connectivity index (χ3v) is 4.01. The standard InChI is InChI=1S/C18H40N4O.HI/c1-6-9-15-23-16-11-13-20-18(19-5)21-17(4)12-10-14-22(7-2)8-3;/h17H,6-16H2,1-5H3,(H2,19,20,21);1H. The largest absolute Gasteiger partial charge is 0.381 e. The van der Waals surface area contributed by atoms with Gasteiger partial charge >= 0.3 is 0 Å². The first-order valence-corrected chi connectivity index (χ1v) is 9.45. The molecule has 0 saturated carbocycles. The van der Waals surface area contributed by atoms with E-state index in [9.17, 15) is 0 Å². The number of aliphatic imine (C=N–C) groups is 1. The summed E-state index contributed by atoms with van der Waals surface area (Å²) in [5.41, 5.74) is 0. The van der Waals surface area contributed by atoms with Gasteiger partial charge in [-0.05, 0) is 52.2 Å². The van der Waals surface area contributed by atoms with Crippen LogP contribution in [0.15, 0.2) is 4.99 Å². The molecular formula is C18H41IN4O. The van der Waals surface area contributed by atoms with Crippen molar-refractivity contribution in [3.05, 3.63) is 0 Å². The molecule has 0 aliphatic carbocycles. The highest BCUT2D eigenvalue weighted by molar-refractivity contribution is 14.0. The quantitative estimate of drug-likeness (QED) is 0.182. The number of ether oxygens (including phenoxy) is 1. The van der Waals surface area contributed by atoms with E-state index in [-0.39, 0.29) is 24.0 Å². The van der Waals surface area contributed by atoms with E-state index in [4.69, 9.17) is 4.74 Å². The smallest absolute Gasteiger partial charge is 0.191 e. The molecule has 146 valence electrons. The van der Waals surface area contributed by atoms with Gasteiger partial charge in [0.15, 0.2) is 5.96 Å². The lowest BCUT2D eigenvalue weighted by Crippen LogP contribution is -2.43. The van der Waals surface area contributed by atoms with Crippen LogP contribution in [0.4, 0.5) is 0 Å². The maximum atomic E-state index is 5.56. The van der Waals surface area contributed by atoms with Gasteiger partial charge in [-0.1, -0.05) is 27.2 Å². The topological polar surface area (TPSA) is 48.9 Å². The monoisotopic (exact) mass is 456 g/mol. The molecule has 6 heteroatoms. The van der Waals surface area contributed by atoms with E-state index >= 15 is 0 Å². The fraction of sp³-hybridized carbons (Fsp3) is 0.944. The lowest BCUT2D eigenvalue weighted by atomic mass is 10.2. The Hall–Kier alpha value is -0.0800. The predicted molar refractivity (Wildman–Crippen MR) is 117 cm³/mol. The van der Waals surface area contributed by atoms with E-state index in [0.29, 0.717) is 6.04 Å². The lowest BCUT2D eigenvalue weighted by Gasteiger charge is -2.21. The number of hydrogen-bond donors (Lipinski definition) is 2. The van der Waals surface area contributed by atoms with Crippen molar-refractivity contribution in [2.24, 2.45) is 4.99 Å². The molecule has 0 aliphatic heterocycles. The summed E-state index contributed by atoms with van der Waals surface area (Å²) in [4.78, 5) is 6.76. The van der Waals surface area contributed by atoms with Crippen molar-refractivity contribution in [3.8, 4) is 0 Å². The second-order valence-corrected chi connectivity index (χ2v) is 6.03. The van der Waals surface area contributed by atoms with Gasteiger partial charge in [0.2, 0.25) is 0 Å². The average molecular weight is 456 g/mol. The summed E-state index contributed by atoms with van der Waals surface area (Å²) in [6.45, 7) is 14.9. The zero-order valence-electron chi connectivity index (χ0n) is 16.6. The Kier molecular flexibility index (Phi) is 21.0. The molecule has 0 aromatic heterocycles. The number of nitrogens with one attached hydrogen (secondary N) is 2. The van der Waals surface area contributed by atoms with Crippen LogP contribution in [0.25, 0.3) is 0 Å². The van der Waals surface area contributed by atoms with Gasteiger partial charge in [-0.3, -0.25) is 4.99 Å². The summed E-state index contributed by atoms with van der Waals surface area (Å²) >= 11 is 0. The van der Waals surface area contributed by atoms with Gasteiger partial charge in [0, 0.05) is 32.8 Å². The van der Waals surface area contributed by atoms with Gasteiger partial charge in [-0.25, -0.2) is 0 Å². The van der Waals surface area contributed by atoms with Crippen LogP contribution in [0.3, 0.4) is 0 Å². The van der Waals surface area contributed by atoms with Crippen LogP contribution in [0.1, 0.15) is 59.8 Å². The van der Waals surface area contributed by atoms with Crippen molar-refractivity contribution in [3.63, 3.8) is 0 Å². The molecule has 0 aliphatic rings. The molecule has 0 bridgehead atoms. The zero-order chi connectivity index (χ0) is 17.3. The Morgan fingerprint density at radius 3 is 2.33 bits per heavy atom. The molecule has 0 spiro atoms. The van der Waals surface area contributed by atoms with Crippen molar-refractivity contribution in [1.82, 2.24) is 15.5 Å². The summed E-state index contributed by atoms with van der Waals surface area (Å²) in [6, 6.07) is 0.442. The molecule has 0 aromatic rings. The Morgan fingerprint density at radius 2 is 1.75 bits per heavy atom. The van der Waals surface area contributed by atoms with Crippen LogP contribution in [-0.2, 0) is 4.74 Å². The first-order chi connectivity index (χ1) is 11.2. The Balaban J connectivity index is 0. The highest BCUT2D eigenvalue weighted by atomic mass is 127. The number of guanidine groups is 1. The molecule has 2 N–H and O–H groups in total. The molecular weight excluding hydrogens is 415 g/mol. The second kappa shape index (κ2) is 19.2. The average Bonchev–Trinajstić information content (AvgIpc) is 2.56. The molecule has 0 amide bonds. The highest BCUT2D eigenvalue weighted by Crippen LogP contribution is 1.99. The summed E-state index contributed by atoms with van der Waals surface area (Å²) in [5.74, 6) is 0.897. The van der Waals surface area contributed by atoms with Crippen molar-refractivity contribution in [2.45, 2.75) is 65.8 Å². The molecule has 0 heterocycles. The van der Waals surface area contributed by atoms with Crippen molar-refractivity contribution in [1.29, 1.82) is 0 Å². The minimum atomic E-state index is 0. The predicted octanol–water partition coefficient (Wildman–Crippen LogP) is 3.49. The van der Waals surface area contributed by atoms with Crippen LogP contribution in [0.5, 0.6) is 0 Å². The summed E-state index contributed by atoms with van der Waals surface area (Å²) in [6.07, 6.45) is 5.75. The van der Waals surface area contributed by atoms with Gasteiger partial charge in [-0.15, -0.1) is 24.0 Å². The van der Waals surface area contributed by atoms with Crippen LogP contribution >= 0.6 is 24.0 Å². The minimum absolute atomic E-state index is 0. The summed E-state index contributed by atoms with van der Waals surface area (Å²) in [5, 5.41) is 6.83. The number of rotatable bonds is 14. The van der Waals surface area contributed by atoms with E-state index in [2.05, 4.69) is 48.2 Å². The molecule has 1 atom stereocenters. The zero-order valence-corrected chi connectivity index (χ0v) is 18.9. The highest BCUT2D eigenvalue weighted by Gasteiger charge is 2.06. The number of nitrogens with zero attached hydrogens (tertiary/aromatic N) is 2. The number of hydrogen-bond acceptors (Lipinski definition) is 3.